The molecule has 2 rings (SSSR count). The summed E-state index contributed by atoms with van der Waals surface area (Å²) >= 11 is 0. The molecule has 1 saturated heterocycles. The van der Waals surface area contributed by atoms with E-state index in [0.29, 0.717) is 6.54 Å². The average molecular weight is 292 g/mol. The van der Waals surface area contributed by atoms with Crippen LogP contribution in [-0.2, 0) is 4.74 Å². The Bertz CT molecular complexity index is 478. The number of aliphatic hydroxyl groups excluding tert-OH is 1. The minimum atomic E-state index is -0.102. The Kier molecular flexibility index (Phi) is 5.59. The first kappa shape index (κ1) is 15.8. The number of carbonyl (C=O) groups is 1. The zero-order valence-electron chi connectivity index (χ0n) is 12.7. The van der Waals surface area contributed by atoms with E-state index in [1.807, 2.05) is 31.2 Å². The highest BCUT2D eigenvalue weighted by atomic mass is 16.5. The van der Waals surface area contributed by atoms with E-state index in [1.165, 1.54) is 0 Å². The number of carbonyl (C=O) groups excluding carboxylic acids is 1. The van der Waals surface area contributed by atoms with Crippen molar-refractivity contribution in [3.05, 3.63) is 29.8 Å². The van der Waals surface area contributed by atoms with Gasteiger partial charge in [0.1, 0.15) is 0 Å². The van der Waals surface area contributed by atoms with E-state index in [4.69, 9.17) is 4.74 Å². The third kappa shape index (κ3) is 4.19. The average Bonchev–Trinajstić information content (AvgIpc) is 2.54. The number of nitrogens with one attached hydrogen (secondary N) is 1. The second-order valence-corrected chi connectivity index (χ2v) is 5.57. The molecule has 5 nitrogen and oxygen atoms in total. The van der Waals surface area contributed by atoms with E-state index in [2.05, 4.69) is 5.32 Å². The van der Waals surface area contributed by atoms with Crippen molar-refractivity contribution in [3.63, 3.8) is 0 Å². The first-order chi connectivity index (χ1) is 10.1. The van der Waals surface area contributed by atoms with Crippen LogP contribution >= 0.6 is 0 Å². The first-order valence-electron chi connectivity index (χ1n) is 7.43. The quantitative estimate of drug-likeness (QED) is 0.896. The Morgan fingerprint density at radius 3 is 3.10 bits per heavy atom. The number of rotatable bonds is 4. The molecule has 0 aliphatic carbocycles. The van der Waals surface area contributed by atoms with Gasteiger partial charge in [-0.1, -0.05) is 12.1 Å². The van der Waals surface area contributed by atoms with Crippen LogP contribution in [0, 0.1) is 5.92 Å². The molecule has 116 valence electrons. The minimum absolute atomic E-state index is 0.00407. The number of aliphatic hydroxyl groups is 1. The van der Waals surface area contributed by atoms with Crippen LogP contribution in [0.3, 0.4) is 0 Å². The van der Waals surface area contributed by atoms with Crippen LogP contribution in [0.25, 0.3) is 0 Å². The molecule has 1 aliphatic heterocycles. The summed E-state index contributed by atoms with van der Waals surface area (Å²) in [7, 11) is 1.67. The van der Waals surface area contributed by atoms with E-state index >= 15 is 0 Å². The number of methoxy groups -OCH3 is 1. The largest absolute Gasteiger partial charge is 0.396 e. The van der Waals surface area contributed by atoms with Gasteiger partial charge in [-0.25, -0.2) is 4.79 Å². The lowest BCUT2D eigenvalue weighted by atomic mass is 9.99. The molecule has 2 unspecified atom stereocenters. The molecule has 1 heterocycles. The van der Waals surface area contributed by atoms with E-state index in [-0.39, 0.29) is 24.7 Å². The van der Waals surface area contributed by atoms with Gasteiger partial charge in [0.05, 0.1) is 6.10 Å². The SMILES string of the molecule is COC(C)c1cccc(NC(=O)N2CCCC(CO)C2)c1. The van der Waals surface area contributed by atoms with E-state index in [9.17, 15) is 9.90 Å². The second kappa shape index (κ2) is 7.43. The Labute approximate surface area is 125 Å². The molecule has 0 radical (unpaired) electrons. The van der Waals surface area contributed by atoms with Gasteiger partial charge in [0.2, 0.25) is 0 Å². The van der Waals surface area contributed by atoms with E-state index in [0.717, 1.165) is 30.6 Å². The maximum Gasteiger partial charge on any atom is 0.321 e. The smallest absolute Gasteiger partial charge is 0.321 e. The molecule has 1 aromatic carbocycles. The number of piperidine rings is 1. The molecule has 2 atom stereocenters. The van der Waals surface area contributed by atoms with Gasteiger partial charge in [-0.05, 0) is 43.4 Å². The predicted molar refractivity (Wildman–Crippen MR) is 82.3 cm³/mol. The molecule has 0 saturated carbocycles. The summed E-state index contributed by atoms with van der Waals surface area (Å²) in [6.07, 6.45) is 1.93. The van der Waals surface area contributed by atoms with E-state index < -0.39 is 0 Å². The standard InChI is InChI=1S/C16H24N2O3/c1-12(21-2)14-6-3-7-15(9-14)17-16(20)18-8-4-5-13(10-18)11-19/h3,6-7,9,12-13,19H,4-5,8,10-11H2,1-2H3,(H,17,20). The minimum Gasteiger partial charge on any atom is -0.396 e. The Morgan fingerprint density at radius 2 is 2.38 bits per heavy atom. The number of ether oxygens (including phenoxy) is 1. The van der Waals surface area contributed by atoms with Crippen LogP contribution < -0.4 is 5.32 Å². The fraction of sp³-hybridized carbons (Fsp3) is 0.562. The lowest BCUT2D eigenvalue weighted by Crippen LogP contribution is -2.43. The number of urea groups is 1. The van der Waals surface area contributed by atoms with Gasteiger partial charge in [0.15, 0.2) is 0 Å². The first-order valence-corrected chi connectivity index (χ1v) is 7.43. The van der Waals surface area contributed by atoms with E-state index in [1.54, 1.807) is 12.0 Å². The summed E-state index contributed by atoms with van der Waals surface area (Å²) in [5, 5.41) is 12.2. The van der Waals surface area contributed by atoms with Gasteiger partial charge in [0.25, 0.3) is 0 Å². The summed E-state index contributed by atoms with van der Waals surface area (Å²) in [4.78, 5) is 14.1. The lowest BCUT2D eigenvalue weighted by Gasteiger charge is -2.31. The van der Waals surface area contributed by atoms with Crippen molar-refractivity contribution in [2.24, 2.45) is 5.92 Å². The van der Waals surface area contributed by atoms with Crippen molar-refractivity contribution in [1.82, 2.24) is 4.90 Å². The summed E-state index contributed by atoms with van der Waals surface area (Å²) in [5.74, 6) is 0.198. The lowest BCUT2D eigenvalue weighted by molar-refractivity contribution is 0.119. The number of likely N-dealkylation sites (tertiary alicyclic amines) is 1. The number of amides is 2. The Balaban J connectivity index is 1.99. The van der Waals surface area contributed by atoms with Crippen molar-refractivity contribution < 1.29 is 14.6 Å². The summed E-state index contributed by atoms with van der Waals surface area (Å²) in [6, 6.07) is 7.59. The number of hydrogen-bond acceptors (Lipinski definition) is 3. The number of nitrogens with zero attached hydrogens (tertiary/aromatic N) is 1. The Hall–Kier alpha value is -1.59. The van der Waals surface area contributed by atoms with Crippen molar-refractivity contribution >= 4 is 11.7 Å². The molecule has 21 heavy (non-hydrogen) atoms. The molecule has 2 N–H and O–H groups in total. The van der Waals surface area contributed by atoms with Gasteiger partial charge in [-0.15, -0.1) is 0 Å². The normalized spacial score (nSPS) is 20.1. The van der Waals surface area contributed by atoms with Gasteiger partial charge < -0.3 is 20.1 Å². The van der Waals surface area contributed by atoms with Crippen molar-refractivity contribution in [3.8, 4) is 0 Å². The molecule has 0 bridgehead atoms. The third-order valence-electron chi connectivity index (χ3n) is 4.03. The van der Waals surface area contributed by atoms with Crippen LogP contribution in [0.15, 0.2) is 24.3 Å². The van der Waals surface area contributed by atoms with Crippen LogP contribution in [0.2, 0.25) is 0 Å². The molecular weight excluding hydrogens is 268 g/mol. The highest BCUT2D eigenvalue weighted by Crippen LogP contribution is 2.21. The highest BCUT2D eigenvalue weighted by molar-refractivity contribution is 5.89. The van der Waals surface area contributed by atoms with Crippen molar-refractivity contribution in [2.45, 2.75) is 25.9 Å². The van der Waals surface area contributed by atoms with Crippen LogP contribution in [0.1, 0.15) is 31.4 Å². The summed E-state index contributed by atoms with van der Waals surface area (Å²) in [5.41, 5.74) is 1.80. The molecule has 0 spiro atoms. The summed E-state index contributed by atoms with van der Waals surface area (Å²) in [6.45, 7) is 3.48. The molecule has 2 amide bonds. The monoisotopic (exact) mass is 292 g/mol. The highest BCUT2D eigenvalue weighted by Gasteiger charge is 2.23. The second-order valence-electron chi connectivity index (χ2n) is 5.57. The zero-order valence-corrected chi connectivity index (χ0v) is 12.7. The molecule has 5 heteroatoms. The molecular formula is C16H24N2O3. The van der Waals surface area contributed by atoms with Crippen LogP contribution in [0.5, 0.6) is 0 Å². The Morgan fingerprint density at radius 1 is 1.57 bits per heavy atom. The number of benzene rings is 1. The molecule has 1 aliphatic rings. The van der Waals surface area contributed by atoms with Crippen molar-refractivity contribution in [1.29, 1.82) is 0 Å². The summed E-state index contributed by atoms with van der Waals surface area (Å²) < 4.78 is 5.29. The van der Waals surface area contributed by atoms with Gasteiger partial charge in [-0.3, -0.25) is 0 Å². The van der Waals surface area contributed by atoms with Crippen LogP contribution in [0.4, 0.5) is 10.5 Å². The fourth-order valence-corrected chi connectivity index (χ4v) is 2.61. The number of hydrogen-bond donors (Lipinski definition) is 2. The zero-order chi connectivity index (χ0) is 15.2. The third-order valence-corrected chi connectivity index (χ3v) is 4.03. The fourth-order valence-electron chi connectivity index (χ4n) is 2.61. The maximum atomic E-state index is 12.3. The van der Waals surface area contributed by atoms with Gasteiger partial charge in [0, 0.05) is 32.5 Å². The number of anilines is 1. The molecule has 1 aromatic rings. The molecule has 0 aromatic heterocycles. The topological polar surface area (TPSA) is 61.8 Å². The van der Waals surface area contributed by atoms with Crippen LogP contribution in [-0.4, -0.2) is 42.8 Å². The maximum absolute atomic E-state index is 12.3. The van der Waals surface area contributed by atoms with Gasteiger partial charge in [-0.2, -0.15) is 0 Å². The van der Waals surface area contributed by atoms with Crippen molar-refractivity contribution in [2.75, 3.05) is 32.1 Å². The molecule has 1 fully saturated rings. The van der Waals surface area contributed by atoms with Gasteiger partial charge >= 0.3 is 6.03 Å². The predicted octanol–water partition coefficient (Wildman–Crippen LogP) is 2.63.